The number of nitrogens with zero attached hydrogens (tertiary/aromatic N) is 7. The molecule has 0 bridgehead atoms. The molecule has 3 N–H and O–H groups in total. The zero-order chi connectivity index (χ0) is 37.7. The van der Waals surface area contributed by atoms with Gasteiger partial charge in [0.2, 0.25) is 5.89 Å². The van der Waals surface area contributed by atoms with Gasteiger partial charge in [0.05, 0.1) is 22.6 Å². The van der Waals surface area contributed by atoms with E-state index in [1.165, 1.54) is 0 Å². The molecule has 2 saturated heterocycles. The summed E-state index contributed by atoms with van der Waals surface area (Å²) in [6.07, 6.45) is 3.24. The third-order valence-corrected chi connectivity index (χ3v) is 10.8. The number of carboxylic acid groups (broad SMARTS) is 1. The number of likely N-dealkylation sites (tertiary alicyclic amines) is 2. The van der Waals surface area contributed by atoms with Gasteiger partial charge in [0.25, 0.3) is 0 Å². The van der Waals surface area contributed by atoms with E-state index >= 15 is 0 Å². The van der Waals surface area contributed by atoms with Crippen molar-refractivity contribution in [3.8, 4) is 28.7 Å². The number of hydrogen-bond donors (Lipinski definition) is 3. The van der Waals surface area contributed by atoms with E-state index in [1.807, 2.05) is 63.4 Å². The molecule has 0 radical (unpaired) electrons. The minimum absolute atomic E-state index is 0.369. The fourth-order valence-corrected chi connectivity index (χ4v) is 7.95. The summed E-state index contributed by atoms with van der Waals surface area (Å²) in [5.41, 5.74) is 9.94. The Balaban J connectivity index is 1.07. The highest BCUT2D eigenvalue weighted by Gasteiger charge is 2.31. The maximum atomic E-state index is 11.5. The number of pyridine rings is 1. The van der Waals surface area contributed by atoms with E-state index in [2.05, 4.69) is 46.3 Å². The number of aliphatic hydroxyl groups is 1. The molecule has 12 nitrogen and oxygen atoms in total. The highest BCUT2D eigenvalue weighted by molar-refractivity contribution is 5.90. The summed E-state index contributed by atoms with van der Waals surface area (Å²) < 4.78 is 6.29. The molecule has 2 fully saturated rings. The van der Waals surface area contributed by atoms with Crippen LogP contribution in [0.1, 0.15) is 53.4 Å². The number of nitrogens with one attached hydrogen (secondary N) is 1. The Labute approximate surface area is 313 Å². The van der Waals surface area contributed by atoms with Crippen LogP contribution in [0.5, 0.6) is 0 Å². The van der Waals surface area contributed by atoms with Crippen LogP contribution >= 0.6 is 0 Å². The van der Waals surface area contributed by atoms with Crippen molar-refractivity contribution in [3.05, 3.63) is 94.4 Å². The first-order valence-corrected chi connectivity index (χ1v) is 18.3. The van der Waals surface area contributed by atoms with Crippen LogP contribution in [0.25, 0.3) is 44.7 Å². The highest BCUT2D eigenvalue weighted by Crippen LogP contribution is 2.38. The Kier molecular flexibility index (Phi) is 9.09. The molecule has 274 valence electrons. The quantitative estimate of drug-likeness (QED) is 0.142. The smallest absolute Gasteiger partial charge is 0.307 e. The average molecular weight is 723 g/mol. The van der Waals surface area contributed by atoms with Crippen molar-refractivity contribution in [2.75, 3.05) is 31.5 Å². The summed E-state index contributed by atoms with van der Waals surface area (Å²) in [6, 6.07) is 20.3. The first kappa shape index (κ1) is 35.3. The first-order chi connectivity index (χ1) is 25.9. The normalized spacial score (nSPS) is 19.1. The van der Waals surface area contributed by atoms with E-state index in [4.69, 9.17) is 24.4 Å². The third-order valence-electron chi connectivity index (χ3n) is 10.8. The van der Waals surface area contributed by atoms with Crippen LogP contribution in [-0.2, 0) is 17.9 Å². The van der Waals surface area contributed by atoms with Crippen LogP contribution in [0.4, 0.5) is 11.5 Å². The predicted molar refractivity (Wildman–Crippen MR) is 206 cm³/mol. The van der Waals surface area contributed by atoms with Crippen molar-refractivity contribution < 1.29 is 19.4 Å². The van der Waals surface area contributed by atoms with Gasteiger partial charge in [-0.15, -0.1) is 0 Å². The number of carbonyl (C=O) groups is 1. The molecule has 3 aromatic heterocycles. The van der Waals surface area contributed by atoms with Crippen LogP contribution in [0.3, 0.4) is 0 Å². The van der Waals surface area contributed by atoms with E-state index < -0.39 is 11.6 Å². The number of β-amino-alcohol motifs (C(OH)–C–C–N with tert-alkyl or cyclic N) is 1. The van der Waals surface area contributed by atoms with Crippen LogP contribution in [0.2, 0.25) is 0 Å². The van der Waals surface area contributed by atoms with Crippen molar-refractivity contribution in [1.82, 2.24) is 29.7 Å². The van der Waals surface area contributed by atoms with Crippen molar-refractivity contribution in [2.45, 2.75) is 59.2 Å². The molecular weight excluding hydrogens is 681 g/mol. The second kappa shape index (κ2) is 13.9. The van der Waals surface area contributed by atoms with Crippen molar-refractivity contribution in [1.29, 1.82) is 5.26 Å². The van der Waals surface area contributed by atoms with Crippen LogP contribution in [0, 0.1) is 38.0 Å². The molecule has 0 amide bonds. The van der Waals surface area contributed by atoms with Crippen molar-refractivity contribution in [2.24, 2.45) is 5.92 Å². The lowest BCUT2D eigenvalue weighted by Crippen LogP contribution is -2.29. The Morgan fingerprint density at radius 3 is 2.44 bits per heavy atom. The zero-order valence-corrected chi connectivity index (χ0v) is 30.8. The van der Waals surface area contributed by atoms with Gasteiger partial charge in [-0.2, -0.15) is 5.26 Å². The van der Waals surface area contributed by atoms with Gasteiger partial charge in [-0.25, -0.2) is 15.0 Å². The van der Waals surface area contributed by atoms with Gasteiger partial charge < -0.3 is 19.9 Å². The molecule has 0 saturated carbocycles. The largest absolute Gasteiger partial charge is 0.481 e. The number of hydrogen-bond acceptors (Lipinski definition) is 11. The lowest BCUT2D eigenvalue weighted by atomic mass is 9.93. The van der Waals surface area contributed by atoms with Gasteiger partial charge in [0.15, 0.2) is 11.4 Å². The number of oxazole rings is 1. The molecule has 2 aliphatic heterocycles. The molecule has 3 aromatic carbocycles. The number of rotatable bonds is 9. The third kappa shape index (κ3) is 6.89. The lowest BCUT2D eigenvalue weighted by molar-refractivity contribution is -0.141. The van der Waals surface area contributed by atoms with E-state index in [-0.39, 0.29) is 5.92 Å². The molecule has 0 spiro atoms. The second-order valence-electron chi connectivity index (χ2n) is 15.1. The fraction of sp³-hybridized carbons (Fsp3) is 0.333. The van der Waals surface area contributed by atoms with Gasteiger partial charge in [0, 0.05) is 50.2 Å². The molecule has 54 heavy (non-hydrogen) atoms. The molecule has 6 aromatic rings. The maximum Gasteiger partial charge on any atom is 0.307 e. The van der Waals surface area contributed by atoms with Crippen LogP contribution < -0.4 is 5.32 Å². The molecule has 8 rings (SSSR count). The van der Waals surface area contributed by atoms with Crippen LogP contribution in [-0.4, -0.2) is 77.7 Å². The zero-order valence-electron chi connectivity index (χ0n) is 30.8. The number of anilines is 2. The number of carboxylic acids is 1. The SMILES string of the molecule is Cc1nc(Nc2cccc(-c3cccc(-c4nc5cc(CN6CCC(C(=O)O)C6)cc(C#N)c5o4)c3C)c2C)c2ncc(CN3CCC(C)(O)C3)cc2n1. The molecule has 5 heterocycles. The standard InChI is InChI=1S/C42H42N8O4/c1-24-31(7-5-9-33(24)40-48-36-16-27(15-30(18-43)38(36)54-40)20-49-13-11-29(22-49)41(51)52)32-8-6-10-34(25(32)2)47-39-37-35(45-26(3)46-39)17-28(19-44-37)21-50-14-12-42(4,53)23-50/h5-10,15-17,19,29,53H,11-14,20-23H2,1-4H3,(H,51,52)(H,45,46,47). The summed E-state index contributed by atoms with van der Waals surface area (Å²) in [5, 5.41) is 33.4. The van der Waals surface area contributed by atoms with E-state index in [1.54, 1.807) is 0 Å². The summed E-state index contributed by atoms with van der Waals surface area (Å²) in [6.45, 7) is 11.8. The van der Waals surface area contributed by atoms with Crippen molar-refractivity contribution >= 4 is 39.6 Å². The summed E-state index contributed by atoms with van der Waals surface area (Å²) >= 11 is 0. The molecule has 0 aliphatic carbocycles. The summed E-state index contributed by atoms with van der Waals surface area (Å²) in [4.78, 5) is 34.9. The van der Waals surface area contributed by atoms with Crippen LogP contribution in [0.15, 0.2) is 65.2 Å². The predicted octanol–water partition coefficient (Wildman–Crippen LogP) is 6.90. The van der Waals surface area contributed by atoms with Gasteiger partial charge >= 0.3 is 5.97 Å². The highest BCUT2D eigenvalue weighted by atomic mass is 16.4. The van der Waals surface area contributed by atoms with Crippen molar-refractivity contribution in [3.63, 3.8) is 0 Å². The lowest BCUT2D eigenvalue weighted by Gasteiger charge is -2.19. The molecule has 2 unspecified atom stereocenters. The van der Waals surface area contributed by atoms with Gasteiger partial charge in [-0.05, 0) is 111 Å². The average Bonchev–Trinajstić information content (AvgIpc) is 3.87. The van der Waals surface area contributed by atoms with E-state index in [0.717, 1.165) is 63.1 Å². The monoisotopic (exact) mass is 722 g/mol. The number of aromatic nitrogens is 4. The number of nitriles is 1. The maximum absolute atomic E-state index is 11.5. The minimum atomic E-state index is -0.769. The summed E-state index contributed by atoms with van der Waals surface area (Å²) in [5.74, 6) is 0.559. The van der Waals surface area contributed by atoms with E-state index in [0.29, 0.717) is 78.9 Å². The Bertz CT molecular complexity index is 2490. The second-order valence-corrected chi connectivity index (χ2v) is 15.1. The van der Waals surface area contributed by atoms with E-state index in [9.17, 15) is 20.3 Å². The van der Waals surface area contributed by atoms with Gasteiger partial charge in [0.1, 0.15) is 22.9 Å². The fourth-order valence-electron chi connectivity index (χ4n) is 7.95. The topological polar surface area (TPSA) is 165 Å². The molecule has 2 atom stereocenters. The molecule has 12 heteroatoms. The minimum Gasteiger partial charge on any atom is -0.481 e. The number of aryl methyl sites for hydroxylation is 1. The van der Waals surface area contributed by atoms with Gasteiger partial charge in [-0.3, -0.25) is 19.6 Å². The molecule has 2 aliphatic rings. The Morgan fingerprint density at radius 1 is 0.963 bits per heavy atom. The Morgan fingerprint density at radius 2 is 1.70 bits per heavy atom. The number of aliphatic carboxylic acids is 1. The molecular formula is C42H42N8O4. The Hall–Kier alpha value is -5.74. The first-order valence-electron chi connectivity index (χ1n) is 18.3. The number of benzene rings is 3. The summed E-state index contributed by atoms with van der Waals surface area (Å²) in [7, 11) is 0. The number of fused-ring (bicyclic) bond motifs is 2. The van der Waals surface area contributed by atoms with Gasteiger partial charge in [-0.1, -0.05) is 24.3 Å².